The van der Waals surface area contributed by atoms with Crippen molar-refractivity contribution >= 4 is 23.3 Å². The molecule has 0 aromatic heterocycles. The number of hydrogen-bond donors (Lipinski definition) is 2. The molecule has 0 atom stereocenters. The van der Waals surface area contributed by atoms with Crippen LogP contribution in [0.5, 0.6) is 0 Å². The summed E-state index contributed by atoms with van der Waals surface area (Å²) in [6, 6.07) is 7.07. The maximum Gasteiger partial charge on any atom is 0.319 e. The number of carbonyl (C=O) groups excluding carboxylic acids is 1. The Bertz CT molecular complexity index is 403. The van der Waals surface area contributed by atoms with Crippen LogP contribution >= 0.6 is 11.6 Å². The number of amides is 2. The van der Waals surface area contributed by atoms with Crippen LogP contribution in [0.1, 0.15) is 12.5 Å². The number of rotatable bonds is 3. The van der Waals surface area contributed by atoms with E-state index in [9.17, 15) is 4.79 Å². The Morgan fingerprint density at radius 2 is 2.06 bits per heavy atom. The van der Waals surface area contributed by atoms with Gasteiger partial charge in [-0.3, -0.25) is 0 Å². The van der Waals surface area contributed by atoms with E-state index < -0.39 is 0 Å². The largest absolute Gasteiger partial charge is 0.337 e. The summed E-state index contributed by atoms with van der Waals surface area (Å²) < 4.78 is 0. The Kier molecular flexibility index (Phi) is 5.24. The molecule has 0 saturated heterocycles. The molecule has 1 rings (SSSR count). The van der Waals surface area contributed by atoms with Gasteiger partial charge >= 0.3 is 6.03 Å². The molecule has 0 saturated carbocycles. The summed E-state index contributed by atoms with van der Waals surface area (Å²) in [6.45, 7) is 2.23. The summed E-state index contributed by atoms with van der Waals surface area (Å²) in [7, 11) is 0. The highest BCUT2D eigenvalue weighted by Crippen LogP contribution is 2.08. The average Bonchev–Trinajstić information content (AvgIpc) is 2.29. The number of halogens is 1. The summed E-state index contributed by atoms with van der Waals surface area (Å²) in [6.07, 6.45) is 0. The van der Waals surface area contributed by atoms with Crippen molar-refractivity contribution in [2.24, 2.45) is 0 Å². The van der Waals surface area contributed by atoms with Crippen LogP contribution in [0, 0.1) is 11.8 Å². The molecule has 2 amide bonds. The lowest BCUT2D eigenvalue weighted by Gasteiger charge is -2.05. The summed E-state index contributed by atoms with van der Waals surface area (Å²) in [5.74, 6) is 6.14. The van der Waals surface area contributed by atoms with E-state index in [1.165, 1.54) is 0 Å². The molecule has 84 valence electrons. The maximum absolute atomic E-state index is 11.3. The molecule has 0 bridgehead atoms. The topological polar surface area (TPSA) is 41.1 Å². The number of alkyl halides is 1. The van der Waals surface area contributed by atoms with Gasteiger partial charge in [0.1, 0.15) is 0 Å². The predicted molar refractivity (Wildman–Crippen MR) is 66.7 cm³/mol. The van der Waals surface area contributed by atoms with E-state index in [1.807, 2.05) is 12.1 Å². The van der Waals surface area contributed by atoms with Gasteiger partial charge in [-0.05, 0) is 31.2 Å². The molecular weight excluding hydrogens is 224 g/mol. The van der Waals surface area contributed by atoms with Gasteiger partial charge in [0, 0.05) is 23.7 Å². The molecule has 0 heterocycles. The van der Waals surface area contributed by atoms with Crippen LogP contribution in [-0.2, 0) is 0 Å². The summed E-state index contributed by atoms with van der Waals surface area (Å²) >= 11 is 5.45. The van der Waals surface area contributed by atoms with Gasteiger partial charge in [-0.2, -0.15) is 0 Å². The molecule has 16 heavy (non-hydrogen) atoms. The Morgan fingerprint density at radius 3 is 2.62 bits per heavy atom. The third-order valence-electron chi connectivity index (χ3n) is 1.79. The zero-order valence-electron chi connectivity index (χ0n) is 9.01. The van der Waals surface area contributed by atoms with Crippen LogP contribution in [0.2, 0.25) is 0 Å². The number of carbonyl (C=O) groups is 1. The van der Waals surface area contributed by atoms with Gasteiger partial charge < -0.3 is 10.6 Å². The highest BCUT2D eigenvalue weighted by Gasteiger charge is 1.99. The van der Waals surface area contributed by atoms with Crippen LogP contribution in [0.25, 0.3) is 0 Å². The Labute approximate surface area is 100 Å². The second-order valence-corrected chi connectivity index (χ2v) is 3.40. The van der Waals surface area contributed by atoms with Crippen LogP contribution in [0.15, 0.2) is 24.3 Å². The number of hydrogen-bond acceptors (Lipinski definition) is 1. The van der Waals surface area contributed by atoms with E-state index in [0.717, 1.165) is 11.3 Å². The standard InChI is InChI=1S/C12H13ClN2O/c1-2-3-10-4-6-11(7-5-10)15-12(16)14-9-8-13/h4-7H,8-9H2,1H3,(H2,14,15,16). The van der Waals surface area contributed by atoms with Gasteiger partial charge in [0.2, 0.25) is 0 Å². The minimum Gasteiger partial charge on any atom is -0.337 e. The van der Waals surface area contributed by atoms with Gasteiger partial charge in [0.05, 0.1) is 0 Å². The SMILES string of the molecule is CC#Cc1ccc(NC(=O)NCCCl)cc1. The number of benzene rings is 1. The molecule has 0 unspecified atom stereocenters. The van der Waals surface area contributed by atoms with E-state index in [0.29, 0.717) is 12.4 Å². The fourth-order valence-corrected chi connectivity index (χ4v) is 1.21. The zero-order valence-corrected chi connectivity index (χ0v) is 9.77. The molecule has 0 spiro atoms. The molecule has 1 aromatic carbocycles. The van der Waals surface area contributed by atoms with E-state index in [2.05, 4.69) is 22.5 Å². The lowest BCUT2D eigenvalue weighted by molar-refractivity contribution is 0.252. The van der Waals surface area contributed by atoms with Crippen molar-refractivity contribution in [1.82, 2.24) is 5.32 Å². The van der Waals surface area contributed by atoms with Crippen LogP contribution in [-0.4, -0.2) is 18.5 Å². The first kappa shape index (κ1) is 12.4. The van der Waals surface area contributed by atoms with E-state index in [4.69, 9.17) is 11.6 Å². The van der Waals surface area contributed by atoms with Gasteiger partial charge in [-0.25, -0.2) is 4.79 Å². The normalized spacial score (nSPS) is 8.88. The molecule has 4 heteroatoms. The first-order chi connectivity index (χ1) is 7.76. The zero-order chi connectivity index (χ0) is 11.8. The minimum absolute atomic E-state index is 0.255. The van der Waals surface area contributed by atoms with Gasteiger partial charge in [-0.15, -0.1) is 17.5 Å². The summed E-state index contributed by atoms with van der Waals surface area (Å²) in [4.78, 5) is 11.3. The molecular formula is C12H13ClN2O. The first-order valence-electron chi connectivity index (χ1n) is 4.90. The third-order valence-corrected chi connectivity index (χ3v) is 1.98. The number of anilines is 1. The lowest BCUT2D eigenvalue weighted by Crippen LogP contribution is -2.30. The highest BCUT2D eigenvalue weighted by atomic mass is 35.5. The van der Waals surface area contributed by atoms with Crippen molar-refractivity contribution in [1.29, 1.82) is 0 Å². The van der Waals surface area contributed by atoms with Crippen LogP contribution < -0.4 is 10.6 Å². The fraction of sp³-hybridized carbons (Fsp3) is 0.250. The Balaban J connectivity index is 2.53. The average molecular weight is 237 g/mol. The molecule has 0 radical (unpaired) electrons. The fourth-order valence-electron chi connectivity index (χ4n) is 1.12. The minimum atomic E-state index is -0.255. The summed E-state index contributed by atoms with van der Waals surface area (Å²) in [5, 5.41) is 5.30. The monoisotopic (exact) mass is 236 g/mol. The van der Waals surface area contributed by atoms with Crippen LogP contribution in [0.3, 0.4) is 0 Å². The smallest absolute Gasteiger partial charge is 0.319 e. The van der Waals surface area contributed by atoms with E-state index >= 15 is 0 Å². The van der Waals surface area contributed by atoms with E-state index in [1.54, 1.807) is 19.1 Å². The Hall–Kier alpha value is -1.66. The van der Waals surface area contributed by atoms with Crippen LogP contribution in [0.4, 0.5) is 10.5 Å². The maximum atomic E-state index is 11.3. The van der Waals surface area contributed by atoms with Gasteiger partial charge in [-0.1, -0.05) is 5.92 Å². The molecule has 3 nitrogen and oxygen atoms in total. The van der Waals surface area contributed by atoms with Crippen molar-refractivity contribution in [2.45, 2.75) is 6.92 Å². The second kappa shape index (κ2) is 6.76. The molecule has 0 aliphatic rings. The van der Waals surface area contributed by atoms with Gasteiger partial charge in [0.25, 0.3) is 0 Å². The lowest BCUT2D eigenvalue weighted by atomic mass is 10.2. The van der Waals surface area contributed by atoms with Crippen molar-refractivity contribution in [3.8, 4) is 11.8 Å². The number of nitrogens with one attached hydrogen (secondary N) is 2. The van der Waals surface area contributed by atoms with Crippen molar-refractivity contribution in [3.05, 3.63) is 29.8 Å². The highest BCUT2D eigenvalue weighted by molar-refractivity contribution is 6.18. The third kappa shape index (κ3) is 4.24. The quantitative estimate of drug-likeness (QED) is 0.614. The van der Waals surface area contributed by atoms with Crippen molar-refractivity contribution in [3.63, 3.8) is 0 Å². The first-order valence-corrected chi connectivity index (χ1v) is 5.43. The van der Waals surface area contributed by atoms with E-state index in [-0.39, 0.29) is 6.03 Å². The Morgan fingerprint density at radius 1 is 1.38 bits per heavy atom. The van der Waals surface area contributed by atoms with Crippen molar-refractivity contribution < 1.29 is 4.79 Å². The molecule has 0 fully saturated rings. The molecule has 2 N–H and O–H groups in total. The molecule has 0 aliphatic carbocycles. The summed E-state index contributed by atoms with van der Waals surface area (Å²) in [5.41, 5.74) is 1.66. The van der Waals surface area contributed by atoms with Crippen molar-refractivity contribution in [2.75, 3.05) is 17.7 Å². The van der Waals surface area contributed by atoms with Gasteiger partial charge in [0.15, 0.2) is 0 Å². The molecule has 0 aliphatic heterocycles. The predicted octanol–water partition coefficient (Wildman–Crippen LogP) is 2.42. The molecule has 1 aromatic rings. The number of urea groups is 1. The second-order valence-electron chi connectivity index (χ2n) is 3.02.